The van der Waals surface area contributed by atoms with Crippen molar-refractivity contribution in [2.45, 2.75) is 46.5 Å². The monoisotopic (exact) mass is 205 g/mol. The van der Waals surface area contributed by atoms with Gasteiger partial charge in [0.25, 0.3) is 0 Å². The van der Waals surface area contributed by atoms with Crippen LogP contribution < -0.4 is 0 Å². The SMILES string of the molecule is Cc1[nH]c(C(=O)C2CCCC2)c(C)c1C. The maximum Gasteiger partial charge on any atom is 0.182 e. The number of rotatable bonds is 2. The van der Waals surface area contributed by atoms with Crippen molar-refractivity contribution in [3.63, 3.8) is 0 Å². The highest BCUT2D eigenvalue weighted by atomic mass is 16.1. The molecule has 0 spiro atoms. The van der Waals surface area contributed by atoms with Crippen molar-refractivity contribution < 1.29 is 4.79 Å². The number of hydrogen-bond donors (Lipinski definition) is 1. The topological polar surface area (TPSA) is 32.9 Å². The minimum Gasteiger partial charge on any atom is -0.356 e. The Morgan fingerprint density at radius 1 is 1.13 bits per heavy atom. The maximum absolute atomic E-state index is 12.2. The summed E-state index contributed by atoms with van der Waals surface area (Å²) in [5, 5.41) is 0. The van der Waals surface area contributed by atoms with Gasteiger partial charge in [0, 0.05) is 11.6 Å². The third-order valence-corrected chi connectivity index (χ3v) is 3.78. The number of ketones is 1. The van der Waals surface area contributed by atoms with E-state index in [9.17, 15) is 4.79 Å². The average molecular weight is 205 g/mol. The minimum absolute atomic E-state index is 0.279. The van der Waals surface area contributed by atoms with E-state index in [-0.39, 0.29) is 5.92 Å². The van der Waals surface area contributed by atoms with Gasteiger partial charge in [-0.3, -0.25) is 4.79 Å². The molecule has 0 unspecified atom stereocenters. The second-order valence-corrected chi connectivity index (χ2v) is 4.72. The van der Waals surface area contributed by atoms with E-state index in [0.29, 0.717) is 5.78 Å². The minimum atomic E-state index is 0.279. The standard InChI is InChI=1S/C13H19NO/c1-8-9(2)12(14-10(8)3)13(15)11-6-4-5-7-11/h11,14H,4-7H2,1-3H3. The Morgan fingerprint density at radius 2 is 1.73 bits per heavy atom. The van der Waals surface area contributed by atoms with Crippen molar-refractivity contribution in [2.75, 3.05) is 0 Å². The lowest BCUT2D eigenvalue weighted by atomic mass is 9.97. The molecule has 0 amide bonds. The van der Waals surface area contributed by atoms with Crippen LogP contribution in [0.25, 0.3) is 0 Å². The molecule has 2 rings (SSSR count). The molecule has 0 atom stereocenters. The molecule has 0 bridgehead atoms. The zero-order chi connectivity index (χ0) is 11.0. The molecule has 0 aromatic carbocycles. The van der Waals surface area contributed by atoms with Crippen LogP contribution in [0.4, 0.5) is 0 Å². The number of aromatic amines is 1. The van der Waals surface area contributed by atoms with Crippen LogP contribution in [-0.2, 0) is 0 Å². The van der Waals surface area contributed by atoms with Crippen LogP contribution in [0, 0.1) is 26.7 Å². The molecular weight excluding hydrogens is 186 g/mol. The van der Waals surface area contributed by atoms with E-state index < -0.39 is 0 Å². The fourth-order valence-electron chi connectivity index (χ4n) is 2.48. The lowest BCUT2D eigenvalue weighted by molar-refractivity contribution is 0.0917. The number of hydrogen-bond acceptors (Lipinski definition) is 1. The highest BCUT2D eigenvalue weighted by Crippen LogP contribution is 2.29. The summed E-state index contributed by atoms with van der Waals surface area (Å²) in [6.07, 6.45) is 4.59. The third-order valence-electron chi connectivity index (χ3n) is 3.78. The van der Waals surface area contributed by atoms with Crippen LogP contribution in [0.2, 0.25) is 0 Å². The van der Waals surface area contributed by atoms with E-state index in [2.05, 4.69) is 11.9 Å². The molecule has 0 radical (unpaired) electrons. The van der Waals surface area contributed by atoms with Crippen LogP contribution in [0.15, 0.2) is 0 Å². The van der Waals surface area contributed by atoms with Gasteiger partial charge in [-0.05, 0) is 44.7 Å². The molecular formula is C13H19NO. The highest BCUT2D eigenvalue weighted by Gasteiger charge is 2.26. The van der Waals surface area contributed by atoms with Gasteiger partial charge >= 0.3 is 0 Å². The Morgan fingerprint density at radius 3 is 2.20 bits per heavy atom. The number of H-pyrrole nitrogens is 1. The smallest absolute Gasteiger partial charge is 0.182 e. The third kappa shape index (κ3) is 1.73. The van der Waals surface area contributed by atoms with Gasteiger partial charge in [0.15, 0.2) is 5.78 Å². The molecule has 82 valence electrons. The molecule has 1 aliphatic rings. The summed E-state index contributed by atoms with van der Waals surface area (Å²) in [6, 6.07) is 0. The van der Waals surface area contributed by atoms with Gasteiger partial charge in [-0.25, -0.2) is 0 Å². The second kappa shape index (κ2) is 3.84. The van der Waals surface area contributed by atoms with E-state index >= 15 is 0 Å². The first-order valence-electron chi connectivity index (χ1n) is 5.81. The van der Waals surface area contributed by atoms with Gasteiger partial charge in [0.1, 0.15) is 0 Å². The number of Topliss-reactive ketones (excluding diaryl/α,β-unsaturated/α-hetero) is 1. The molecule has 1 fully saturated rings. The first kappa shape index (κ1) is 10.5. The van der Waals surface area contributed by atoms with Crippen molar-refractivity contribution in [2.24, 2.45) is 5.92 Å². The van der Waals surface area contributed by atoms with Crippen molar-refractivity contribution >= 4 is 5.78 Å². The molecule has 2 nitrogen and oxygen atoms in total. The van der Waals surface area contributed by atoms with Crippen LogP contribution >= 0.6 is 0 Å². The zero-order valence-electron chi connectivity index (χ0n) is 9.81. The molecule has 0 saturated heterocycles. The Hall–Kier alpha value is -1.05. The fourth-order valence-corrected chi connectivity index (χ4v) is 2.48. The Balaban J connectivity index is 2.28. The summed E-state index contributed by atoms with van der Waals surface area (Å²) in [5.41, 5.74) is 4.37. The molecule has 1 aliphatic carbocycles. The van der Waals surface area contributed by atoms with Crippen molar-refractivity contribution in [1.29, 1.82) is 0 Å². The average Bonchev–Trinajstić information content (AvgIpc) is 2.82. The first-order chi connectivity index (χ1) is 7.11. The van der Waals surface area contributed by atoms with E-state index in [1.807, 2.05) is 13.8 Å². The van der Waals surface area contributed by atoms with Gasteiger partial charge in [-0.1, -0.05) is 12.8 Å². The molecule has 2 heteroatoms. The summed E-state index contributed by atoms with van der Waals surface area (Å²) in [6.45, 7) is 6.15. The molecule has 0 aliphatic heterocycles. The zero-order valence-corrected chi connectivity index (χ0v) is 9.81. The largest absolute Gasteiger partial charge is 0.356 e. The summed E-state index contributed by atoms with van der Waals surface area (Å²) in [7, 11) is 0. The summed E-state index contributed by atoms with van der Waals surface area (Å²) < 4.78 is 0. The van der Waals surface area contributed by atoms with Crippen LogP contribution in [0.3, 0.4) is 0 Å². The van der Waals surface area contributed by atoms with Gasteiger partial charge in [0.05, 0.1) is 5.69 Å². The highest BCUT2D eigenvalue weighted by molar-refractivity contribution is 5.98. The number of nitrogens with one attached hydrogen (secondary N) is 1. The molecule has 1 heterocycles. The number of aromatic nitrogens is 1. The second-order valence-electron chi connectivity index (χ2n) is 4.72. The Bertz CT molecular complexity index is 383. The van der Waals surface area contributed by atoms with Gasteiger partial charge < -0.3 is 4.98 Å². The molecule has 1 saturated carbocycles. The quantitative estimate of drug-likeness (QED) is 0.738. The molecule has 1 N–H and O–H groups in total. The first-order valence-corrected chi connectivity index (χ1v) is 5.81. The van der Waals surface area contributed by atoms with E-state index in [1.165, 1.54) is 18.4 Å². The summed E-state index contributed by atoms with van der Waals surface area (Å²) >= 11 is 0. The normalized spacial score (nSPS) is 17.3. The summed E-state index contributed by atoms with van der Waals surface area (Å²) in [5.74, 6) is 0.613. The predicted octanol–water partition coefficient (Wildman–Crippen LogP) is 3.31. The number of carbonyl (C=O) groups excluding carboxylic acids is 1. The van der Waals surface area contributed by atoms with Gasteiger partial charge in [-0.15, -0.1) is 0 Å². The molecule has 1 aromatic rings. The fraction of sp³-hybridized carbons (Fsp3) is 0.615. The van der Waals surface area contributed by atoms with Gasteiger partial charge in [-0.2, -0.15) is 0 Å². The lowest BCUT2D eigenvalue weighted by Gasteiger charge is -2.06. The number of aryl methyl sites for hydroxylation is 1. The van der Waals surface area contributed by atoms with Crippen molar-refractivity contribution in [3.05, 3.63) is 22.5 Å². The van der Waals surface area contributed by atoms with Gasteiger partial charge in [0.2, 0.25) is 0 Å². The van der Waals surface area contributed by atoms with Crippen molar-refractivity contribution in [1.82, 2.24) is 4.98 Å². The molecule has 15 heavy (non-hydrogen) atoms. The van der Waals surface area contributed by atoms with Crippen LogP contribution in [0.5, 0.6) is 0 Å². The van der Waals surface area contributed by atoms with Crippen LogP contribution in [0.1, 0.15) is 53.0 Å². The van der Waals surface area contributed by atoms with E-state index in [4.69, 9.17) is 0 Å². The Labute approximate surface area is 91.1 Å². The summed E-state index contributed by atoms with van der Waals surface area (Å²) in [4.78, 5) is 15.4. The Kier molecular flexibility index (Phi) is 2.68. The van der Waals surface area contributed by atoms with Crippen molar-refractivity contribution in [3.8, 4) is 0 Å². The predicted molar refractivity (Wildman–Crippen MR) is 61.3 cm³/mol. The van der Waals surface area contributed by atoms with Crippen LogP contribution in [-0.4, -0.2) is 10.8 Å². The maximum atomic E-state index is 12.2. The molecule has 1 aromatic heterocycles. The lowest BCUT2D eigenvalue weighted by Crippen LogP contribution is -2.12. The van der Waals surface area contributed by atoms with E-state index in [0.717, 1.165) is 29.8 Å². The van der Waals surface area contributed by atoms with E-state index in [1.54, 1.807) is 0 Å². The number of carbonyl (C=O) groups is 1.